The Morgan fingerprint density at radius 1 is 1.04 bits per heavy atom. The summed E-state index contributed by atoms with van der Waals surface area (Å²) in [5.41, 5.74) is 2.48. The van der Waals surface area contributed by atoms with Gasteiger partial charge in [-0.3, -0.25) is 4.98 Å². The molecule has 1 N–H and O–H groups in total. The largest absolute Gasteiger partial charge is 0.490 e. The van der Waals surface area contributed by atoms with Crippen LogP contribution in [0.5, 0.6) is 11.5 Å². The minimum absolute atomic E-state index is 0.227. The SMILES string of the molecule is CC[C@@H](N[C@H](C)c1ccc2c(c1)OCCCO2)c1ccncc1. The summed E-state index contributed by atoms with van der Waals surface area (Å²) >= 11 is 0. The van der Waals surface area contributed by atoms with Crippen molar-refractivity contribution in [3.05, 3.63) is 53.9 Å². The summed E-state index contributed by atoms with van der Waals surface area (Å²) in [6.07, 6.45) is 5.65. The molecule has 1 aliphatic rings. The number of pyridine rings is 1. The second kappa shape index (κ2) is 7.47. The van der Waals surface area contributed by atoms with Gasteiger partial charge in [0.05, 0.1) is 13.2 Å². The van der Waals surface area contributed by atoms with Crippen LogP contribution in [0.2, 0.25) is 0 Å². The third kappa shape index (κ3) is 3.82. The Labute approximate surface area is 137 Å². The third-order valence-electron chi connectivity index (χ3n) is 4.24. The minimum atomic E-state index is 0.227. The van der Waals surface area contributed by atoms with Gasteiger partial charge < -0.3 is 14.8 Å². The zero-order valence-electron chi connectivity index (χ0n) is 13.8. The van der Waals surface area contributed by atoms with Crippen LogP contribution < -0.4 is 14.8 Å². The average molecular weight is 312 g/mol. The molecule has 0 aliphatic carbocycles. The fourth-order valence-corrected chi connectivity index (χ4v) is 2.89. The van der Waals surface area contributed by atoms with Gasteiger partial charge in [0.15, 0.2) is 11.5 Å². The second-order valence-electron chi connectivity index (χ2n) is 5.89. The molecule has 4 heteroatoms. The lowest BCUT2D eigenvalue weighted by atomic mass is 10.0. The van der Waals surface area contributed by atoms with Crippen LogP contribution in [0.15, 0.2) is 42.7 Å². The molecule has 0 amide bonds. The van der Waals surface area contributed by atoms with E-state index in [4.69, 9.17) is 9.47 Å². The van der Waals surface area contributed by atoms with Gasteiger partial charge in [0.25, 0.3) is 0 Å². The molecule has 1 aliphatic heterocycles. The molecule has 0 bridgehead atoms. The van der Waals surface area contributed by atoms with E-state index in [1.165, 1.54) is 11.1 Å². The maximum Gasteiger partial charge on any atom is 0.161 e. The molecular weight excluding hydrogens is 288 g/mol. The number of hydrogen-bond acceptors (Lipinski definition) is 4. The van der Waals surface area contributed by atoms with E-state index in [9.17, 15) is 0 Å². The third-order valence-corrected chi connectivity index (χ3v) is 4.24. The molecule has 0 saturated carbocycles. The Balaban J connectivity index is 1.75. The minimum Gasteiger partial charge on any atom is -0.490 e. The summed E-state index contributed by atoms with van der Waals surface area (Å²) in [5, 5.41) is 3.70. The number of fused-ring (bicyclic) bond motifs is 1. The first kappa shape index (κ1) is 15.8. The van der Waals surface area contributed by atoms with Crippen molar-refractivity contribution in [2.24, 2.45) is 0 Å². The quantitative estimate of drug-likeness (QED) is 0.904. The lowest BCUT2D eigenvalue weighted by Gasteiger charge is -2.23. The molecule has 0 unspecified atom stereocenters. The molecule has 3 rings (SSSR count). The summed E-state index contributed by atoms with van der Waals surface area (Å²) in [4.78, 5) is 4.10. The van der Waals surface area contributed by atoms with Gasteiger partial charge in [-0.15, -0.1) is 0 Å². The summed E-state index contributed by atoms with van der Waals surface area (Å²) in [7, 11) is 0. The van der Waals surface area contributed by atoms with Crippen LogP contribution in [0.25, 0.3) is 0 Å². The molecule has 2 atom stereocenters. The first-order valence-electron chi connectivity index (χ1n) is 8.33. The smallest absolute Gasteiger partial charge is 0.161 e. The Kier molecular flexibility index (Phi) is 5.13. The zero-order valence-corrected chi connectivity index (χ0v) is 13.8. The summed E-state index contributed by atoms with van der Waals surface area (Å²) in [6, 6.07) is 10.9. The van der Waals surface area contributed by atoms with Crippen LogP contribution in [0, 0.1) is 0 Å². The van der Waals surface area contributed by atoms with Crippen molar-refractivity contribution in [1.82, 2.24) is 10.3 Å². The Morgan fingerprint density at radius 3 is 2.52 bits per heavy atom. The Hall–Kier alpha value is -2.07. The van der Waals surface area contributed by atoms with E-state index in [2.05, 4.69) is 48.4 Å². The summed E-state index contributed by atoms with van der Waals surface area (Å²) in [5.74, 6) is 1.70. The molecule has 4 nitrogen and oxygen atoms in total. The monoisotopic (exact) mass is 312 g/mol. The van der Waals surface area contributed by atoms with E-state index < -0.39 is 0 Å². The molecule has 0 saturated heterocycles. The van der Waals surface area contributed by atoms with Crippen LogP contribution >= 0.6 is 0 Å². The van der Waals surface area contributed by atoms with Crippen LogP contribution in [0.3, 0.4) is 0 Å². The number of nitrogens with one attached hydrogen (secondary N) is 1. The lowest BCUT2D eigenvalue weighted by molar-refractivity contribution is 0.297. The van der Waals surface area contributed by atoms with Gasteiger partial charge in [-0.25, -0.2) is 0 Å². The number of aromatic nitrogens is 1. The maximum atomic E-state index is 5.79. The highest BCUT2D eigenvalue weighted by atomic mass is 16.5. The highest BCUT2D eigenvalue weighted by molar-refractivity contribution is 5.44. The fourth-order valence-electron chi connectivity index (χ4n) is 2.89. The summed E-state index contributed by atoms with van der Waals surface area (Å²) in [6.45, 7) is 5.81. The van der Waals surface area contributed by atoms with Crippen molar-refractivity contribution in [2.75, 3.05) is 13.2 Å². The lowest BCUT2D eigenvalue weighted by Crippen LogP contribution is -2.24. The van der Waals surface area contributed by atoms with E-state index in [1.54, 1.807) is 0 Å². The van der Waals surface area contributed by atoms with E-state index >= 15 is 0 Å². The molecule has 1 aromatic carbocycles. The van der Waals surface area contributed by atoms with Gasteiger partial charge in [0.2, 0.25) is 0 Å². The van der Waals surface area contributed by atoms with Crippen molar-refractivity contribution >= 4 is 0 Å². The van der Waals surface area contributed by atoms with Gasteiger partial charge in [-0.2, -0.15) is 0 Å². The molecule has 1 aromatic heterocycles. The Bertz CT molecular complexity index is 631. The van der Waals surface area contributed by atoms with Crippen molar-refractivity contribution in [3.8, 4) is 11.5 Å². The van der Waals surface area contributed by atoms with Crippen molar-refractivity contribution < 1.29 is 9.47 Å². The fraction of sp³-hybridized carbons (Fsp3) is 0.421. The van der Waals surface area contributed by atoms with Gasteiger partial charge in [0.1, 0.15) is 0 Å². The van der Waals surface area contributed by atoms with Gasteiger partial charge in [0, 0.05) is 30.9 Å². The molecule has 2 aromatic rings. The molecule has 0 radical (unpaired) electrons. The normalized spacial score (nSPS) is 16.4. The predicted octanol–water partition coefficient (Wildman–Crippen LogP) is 4.04. The van der Waals surface area contributed by atoms with Crippen molar-refractivity contribution in [1.29, 1.82) is 0 Å². The van der Waals surface area contributed by atoms with Crippen LogP contribution in [-0.4, -0.2) is 18.2 Å². The number of ether oxygens (including phenoxy) is 2. The maximum absolute atomic E-state index is 5.79. The second-order valence-corrected chi connectivity index (χ2v) is 5.89. The topological polar surface area (TPSA) is 43.4 Å². The van der Waals surface area contributed by atoms with E-state index in [1.807, 2.05) is 18.5 Å². The van der Waals surface area contributed by atoms with E-state index in [-0.39, 0.29) is 6.04 Å². The summed E-state index contributed by atoms with van der Waals surface area (Å²) < 4.78 is 11.5. The Morgan fingerprint density at radius 2 is 1.78 bits per heavy atom. The highest BCUT2D eigenvalue weighted by Crippen LogP contribution is 2.33. The number of rotatable bonds is 5. The van der Waals surface area contributed by atoms with Gasteiger partial charge in [-0.1, -0.05) is 13.0 Å². The predicted molar refractivity (Wildman–Crippen MR) is 90.9 cm³/mol. The molecule has 0 fully saturated rings. The highest BCUT2D eigenvalue weighted by Gasteiger charge is 2.17. The van der Waals surface area contributed by atoms with Crippen LogP contribution in [-0.2, 0) is 0 Å². The average Bonchev–Trinajstić information content (AvgIpc) is 2.84. The number of hydrogen-bond donors (Lipinski definition) is 1. The molecule has 2 heterocycles. The van der Waals surface area contributed by atoms with Crippen molar-refractivity contribution in [3.63, 3.8) is 0 Å². The number of nitrogens with zero attached hydrogens (tertiary/aromatic N) is 1. The molecule has 122 valence electrons. The molecule has 0 spiro atoms. The van der Waals surface area contributed by atoms with Crippen LogP contribution in [0.1, 0.15) is 49.9 Å². The first-order chi connectivity index (χ1) is 11.3. The van der Waals surface area contributed by atoms with E-state index in [0.29, 0.717) is 12.6 Å². The number of benzene rings is 1. The van der Waals surface area contributed by atoms with Gasteiger partial charge in [-0.05, 0) is 48.7 Å². The molecular formula is C19H24N2O2. The van der Waals surface area contributed by atoms with Gasteiger partial charge >= 0.3 is 0 Å². The standard InChI is InChI=1S/C19H24N2O2/c1-3-17(15-7-9-20-10-8-15)21-14(2)16-5-6-18-19(13-16)23-12-4-11-22-18/h5-10,13-14,17,21H,3-4,11-12H2,1-2H3/t14-,17-/m1/s1. The van der Waals surface area contributed by atoms with Crippen molar-refractivity contribution in [2.45, 2.75) is 38.8 Å². The molecule has 23 heavy (non-hydrogen) atoms. The zero-order chi connectivity index (χ0) is 16.1. The van der Waals surface area contributed by atoms with E-state index in [0.717, 1.165) is 30.9 Å². The van der Waals surface area contributed by atoms with Crippen LogP contribution in [0.4, 0.5) is 0 Å². The first-order valence-corrected chi connectivity index (χ1v) is 8.33.